The third-order valence-electron chi connectivity index (χ3n) is 4.55. The molecule has 5 heterocycles. The van der Waals surface area contributed by atoms with Crippen molar-refractivity contribution in [3.05, 3.63) is 53.2 Å². The van der Waals surface area contributed by atoms with Crippen molar-refractivity contribution in [3.8, 4) is 0 Å². The summed E-state index contributed by atoms with van der Waals surface area (Å²) >= 11 is 5.95. The lowest BCUT2D eigenvalue weighted by atomic mass is 10.1. The van der Waals surface area contributed by atoms with E-state index in [1.54, 1.807) is 18.3 Å². The van der Waals surface area contributed by atoms with Gasteiger partial charge in [0.1, 0.15) is 23.0 Å². The number of sulfone groups is 1. The van der Waals surface area contributed by atoms with E-state index >= 15 is 0 Å². The van der Waals surface area contributed by atoms with Crippen LogP contribution in [0.1, 0.15) is 11.6 Å². The molecule has 2 aliphatic rings. The minimum Gasteiger partial charge on any atom is -0.363 e. The molecule has 0 aromatic carbocycles. The molecule has 3 aromatic rings. The summed E-state index contributed by atoms with van der Waals surface area (Å²) in [4.78, 5) is 16.4. The summed E-state index contributed by atoms with van der Waals surface area (Å²) in [7, 11) is -3.41. The summed E-state index contributed by atoms with van der Waals surface area (Å²) in [5.41, 5.74) is 1.98. The maximum Gasteiger partial charge on any atom is 0.209 e. The van der Waals surface area contributed by atoms with Gasteiger partial charge in [0.05, 0.1) is 34.2 Å². The molecule has 2 N–H and O–H groups in total. The highest BCUT2D eigenvalue weighted by Crippen LogP contribution is 2.32. The molecule has 8 nitrogen and oxygen atoms in total. The first-order chi connectivity index (χ1) is 13.4. The fourth-order valence-electron chi connectivity index (χ4n) is 3.19. The Morgan fingerprint density at radius 2 is 2.07 bits per heavy atom. The first-order valence-electron chi connectivity index (χ1n) is 8.29. The normalized spacial score (nSPS) is 22.1. The smallest absolute Gasteiger partial charge is 0.209 e. The van der Waals surface area contributed by atoms with Gasteiger partial charge in [-0.15, -0.1) is 0 Å². The number of pyridine rings is 3. The van der Waals surface area contributed by atoms with Crippen molar-refractivity contribution in [2.45, 2.75) is 11.4 Å². The summed E-state index contributed by atoms with van der Waals surface area (Å²) in [6.45, 7) is 0. The molecule has 2 atom stereocenters. The molecule has 0 bridgehead atoms. The number of nitrogens with one attached hydrogen (secondary N) is 2. The molecule has 3 aromatic heterocycles. The average molecular weight is 419 g/mol. The number of fused-ring (bicyclic) bond motifs is 2. The molecular weight excluding hydrogens is 407 g/mol. The van der Waals surface area contributed by atoms with Gasteiger partial charge < -0.3 is 10.6 Å². The Balaban J connectivity index is 1.49. The van der Waals surface area contributed by atoms with Crippen LogP contribution in [0.2, 0.25) is 5.02 Å². The summed E-state index contributed by atoms with van der Waals surface area (Å²) < 4.78 is 38.6. The zero-order valence-corrected chi connectivity index (χ0v) is 15.7. The zero-order chi connectivity index (χ0) is 19.5. The largest absolute Gasteiger partial charge is 0.363 e. The minimum atomic E-state index is -3.41. The fraction of sp³-hybridized carbons (Fsp3) is 0.176. The van der Waals surface area contributed by atoms with E-state index in [1.165, 1.54) is 12.3 Å². The Hall–Kier alpha value is -2.85. The highest BCUT2D eigenvalue weighted by atomic mass is 35.5. The van der Waals surface area contributed by atoms with Crippen molar-refractivity contribution < 1.29 is 12.8 Å². The molecule has 1 fully saturated rings. The van der Waals surface area contributed by atoms with Gasteiger partial charge in [0.15, 0.2) is 9.84 Å². The van der Waals surface area contributed by atoms with E-state index in [1.807, 2.05) is 0 Å². The number of hydrogen-bond donors (Lipinski definition) is 2. The van der Waals surface area contributed by atoms with Crippen LogP contribution in [-0.2, 0) is 9.84 Å². The van der Waals surface area contributed by atoms with Crippen molar-refractivity contribution in [2.75, 3.05) is 11.1 Å². The van der Waals surface area contributed by atoms with Gasteiger partial charge in [-0.3, -0.25) is 9.97 Å². The number of amidine groups is 1. The van der Waals surface area contributed by atoms with Crippen LogP contribution >= 0.6 is 11.6 Å². The number of hydrogen-bond acceptors (Lipinski definition) is 8. The van der Waals surface area contributed by atoms with Crippen LogP contribution in [0.3, 0.4) is 0 Å². The molecule has 0 radical (unpaired) electrons. The average Bonchev–Trinajstić information content (AvgIpc) is 3.43. The van der Waals surface area contributed by atoms with Crippen LogP contribution in [0.25, 0.3) is 11.0 Å². The van der Waals surface area contributed by atoms with Gasteiger partial charge in [-0.05, 0) is 18.2 Å². The lowest BCUT2D eigenvalue weighted by Crippen LogP contribution is -2.40. The maximum absolute atomic E-state index is 14.4. The maximum atomic E-state index is 14.4. The van der Waals surface area contributed by atoms with E-state index in [9.17, 15) is 12.8 Å². The third kappa shape index (κ3) is 2.94. The van der Waals surface area contributed by atoms with Crippen molar-refractivity contribution in [3.63, 3.8) is 0 Å². The van der Waals surface area contributed by atoms with E-state index in [-0.39, 0.29) is 11.3 Å². The van der Waals surface area contributed by atoms with Crippen molar-refractivity contribution in [1.29, 1.82) is 0 Å². The Morgan fingerprint density at radius 1 is 1.21 bits per heavy atom. The molecule has 28 heavy (non-hydrogen) atoms. The first kappa shape index (κ1) is 17.3. The summed E-state index contributed by atoms with van der Waals surface area (Å²) in [6.07, 6.45) is 4.15. The third-order valence-corrected chi connectivity index (χ3v) is 6.56. The second kappa shape index (κ2) is 6.08. The highest BCUT2D eigenvalue weighted by Gasteiger charge is 2.47. The molecule has 2 aliphatic heterocycles. The van der Waals surface area contributed by atoms with Gasteiger partial charge in [0, 0.05) is 18.0 Å². The van der Waals surface area contributed by atoms with Crippen LogP contribution in [0.4, 0.5) is 15.9 Å². The van der Waals surface area contributed by atoms with Crippen LogP contribution in [0, 0.1) is 5.82 Å². The number of nitrogens with zero attached hydrogens (tertiary/aromatic N) is 4. The second-order valence-corrected chi connectivity index (χ2v) is 9.03. The van der Waals surface area contributed by atoms with E-state index in [2.05, 4.69) is 30.6 Å². The first-order valence-corrected chi connectivity index (χ1v) is 10.4. The number of aliphatic imine (C=N–C) groups is 1. The molecule has 0 spiro atoms. The molecule has 5 rings (SSSR count). The number of aromatic nitrogens is 3. The molecule has 11 heteroatoms. The molecule has 0 amide bonds. The SMILES string of the molecule is O=S1(=O)CC(c2cc(Nc3ccnc4cc(Cl)cnc34)ncc2F)NC2=NC21. The second-order valence-electron chi connectivity index (χ2n) is 6.49. The molecular formula is C17H12ClFN6O2S. The monoisotopic (exact) mass is 418 g/mol. The highest BCUT2D eigenvalue weighted by molar-refractivity contribution is 7.93. The van der Waals surface area contributed by atoms with Crippen LogP contribution in [0.15, 0.2) is 41.8 Å². The van der Waals surface area contributed by atoms with Crippen LogP contribution in [-0.4, -0.2) is 40.3 Å². The summed E-state index contributed by atoms with van der Waals surface area (Å²) in [5.74, 6) is -0.103. The van der Waals surface area contributed by atoms with Gasteiger partial charge in [-0.2, -0.15) is 0 Å². The van der Waals surface area contributed by atoms with Gasteiger partial charge in [-0.25, -0.2) is 22.8 Å². The fourth-order valence-corrected chi connectivity index (χ4v) is 4.94. The van der Waals surface area contributed by atoms with Gasteiger partial charge >= 0.3 is 0 Å². The molecule has 142 valence electrons. The molecule has 1 saturated heterocycles. The van der Waals surface area contributed by atoms with E-state index in [0.717, 1.165) is 6.20 Å². The van der Waals surface area contributed by atoms with Crippen molar-refractivity contribution in [1.82, 2.24) is 20.3 Å². The zero-order valence-electron chi connectivity index (χ0n) is 14.1. The molecule has 0 saturated carbocycles. The Labute approximate surface area is 163 Å². The number of anilines is 2. The molecule has 0 aliphatic carbocycles. The van der Waals surface area contributed by atoms with E-state index in [4.69, 9.17) is 11.6 Å². The predicted molar refractivity (Wildman–Crippen MR) is 103 cm³/mol. The number of rotatable bonds is 3. The topological polar surface area (TPSA) is 109 Å². The van der Waals surface area contributed by atoms with Gasteiger partial charge in [0.25, 0.3) is 0 Å². The Morgan fingerprint density at radius 3 is 2.89 bits per heavy atom. The lowest BCUT2D eigenvalue weighted by molar-refractivity contribution is 0.553. The Bertz CT molecular complexity index is 1270. The van der Waals surface area contributed by atoms with Gasteiger partial charge in [0.2, 0.25) is 5.37 Å². The Kier molecular flexibility index (Phi) is 3.75. The number of halogens is 2. The van der Waals surface area contributed by atoms with Crippen LogP contribution in [0.5, 0.6) is 0 Å². The summed E-state index contributed by atoms with van der Waals surface area (Å²) in [6, 6.07) is 4.15. The predicted octanol–water partition coefficient (Wildman–Crippen LogP) is 2.36. The van der Waals surface area contributed by atoms with Gasteiger partial charge in [-0.1, -0.05) is 11.6 Å². The van der Waals surface area contributed by atoms with E-state index < -0.39 is 27.1 Å². The summed E-state index contributed by atoms with van der Waals surface area (Å²) in [5, 5.41) is 5.73. The van der Waals surface area contributed by atoms with Crippen LogP contribution < -0.4 is 10.6 Å². The standard InChI is InChI=1S/C17H12ClFN6O2S/c18-8-3-12-15(22-5-8)11(1-2-20-12)23-14-4-9(10(19)6-21-14)13-7-28(26,27)17-16(24-13)25-17/h1-6,13,17H,7H2,(H,24,25)(H,20,21,23). The molecule has 2 unspecified atom stereocenters. The van der Waals surface area contributed by atoms with Crippen molar-refractivity contribution in [2.24, 2.45) is 4.99 Å². The quantitative estimate of drug-likeness (QED) is 0.671. The van der Waals surface area contributed by atoms with Crippen molar-refractivity contribution >= 4 is 49.8 Å². The van der Waals surface area contributed by atoms with E-state index in [0.29, 0.717) is 33.4 Å². The lowest BCUT2D eigenvalue weighted by Gasteiger charge is -2.23. The minimum absolute atomic E-state index is 0.198.